The molecule has 0 aliphatic rings. The number of methoxy groups -OCH3 is 2. The topological polar surface area (TPSA) is 76.2 Å². The lowest BCUT2D eigenvalue weighted by Gasteiger charge is -2.09. The van der Waals surface area contributed by atoms with E-state index >= 15 is 0 Å². The van der Waals surface area contributed by atoms with E-state index < -0.39 is 5.82 Å². The van der Waals surface area contributed by atoms with Gasteiger partial charge in [-0.25, -0.2) is 4.39 Å². The minimum Gasteiger partial charge on any atom is -0.496 e. The van der Waals surface area contributed by atoms with Gasteiger partial charge in [0.15, 0.2) is 11.6 Å². The highest BCUT2D eigenvalue weighted by atomic mass is 79.9. The van der Waals surface area contributed by atoms with Crippen molar-refractivity contribution in [1.82, 2.24) is 15.5 Å². The van der Waals surface area contributed by atoms with Crippen LogP contribution < -0.4 is 14.8 Å². The Morgan fingerprint density at radius 1 is 1.18 bits per heavy atom. The van der Waals surface area contributed by atoms with Crippen molar-refractivity contribution >= 4 is 21.8 Å². The number of carbonyl (C=O) groups excluding carboxylic acids is 1. The Kier molecular flexibility index (Phi) is 6.30. The van der Waals surface area contributed by atoms with Gasteiger partial charge in [0.05, 0.1) is 36.1 Å². The molecule has 146 valence electrons. The normalized spacial score (nSPS) is 10.6. The zero-order chi connectivity index (χ0) is 20.1. The van der Waals surface area contributed by atoms with Crippen LogP contribution in [0.15, 0.2) is 47.1 Å². The molecule has 0 spiro atoms. The van der Waals surface area contributed by atoms with Gasteiger partial charge < -0.3 is 14.8 Å². The number of halogens is 2. The van der Waals surface area contributed by atoms with Crippen LogP contribution in [0.25, 0.3) is 11.3 Å². The van der Waals surface area contributed by atoms with Crippen molar-refractivity contribution in [2.24, 2.45) is 0 Å². The Labute approximate surface area is 170 Å². The molecule has 1 heterocycles. The number of hydrogen-bond acceptors (Lipinski definition) is 4. The summed E-state index contributed by atoms with van der Waals surface area (Å²) in [5, 5.41) is 9.55. The fraction of sp³-hybridized carbons (Fsp3) is 0.200. The zero-order valence-corrected chi connectivity index (χ0v) is 17.0. The van der Waals surface area contributed by atoms with E-state index in [-0.39, 0.29) is 11.7 Å². The van der Waals surface area contributed by atoms with Crippen molar-refractivity contribution in [3.8, 4) is 22.8 Å². The van der Waals surface area contributed by atoms with E-state index in [4.69, 9.17) is 9.47 Å². The number of nitrogens with one attached hydrogen (secondary N) is 2. The lowest BCUT2D eigenvalue weighted by molar-refractivity contribution is 0.0955. The van der Waals surface area contributed by atoms with Crippen LogP contribution in [0, 0.1) is 5.82 Å². The number of carbonyl (C=O) groups is 1. The molecular weight excluding hydrogens is 429 g/mol. The summed E-state index contributed by atoms with van der Waals surface area (Å²) >= 11 is 3.45. The first-order valence-electron chi connectivity index (χ1n) is 8.51. The van der Waals surface area contributed by atoms with Crippen molar-refractivity contribution in [3.05, 3.63) is 64.0 Å². The summed E-state index contributed by atoms with van der Waals surface area (Å²) in [4.78, 5) is 12.5. The van der Waals surface area contributed by atoms with E-state index in [1.807, 2.05) is 18.2 Å². The number of amides is 1. The van der Waals surface area contributed by atoms with E-state index in [2.05, 4.69) is 31.4 Å². The number of benzene rings is 2. The predicted molar refractivity (Wildman–Crippen MR) is 107 cm³/mol. The molecule has 6 nitrogen and oxygen atoms in total. The van der Waals surface area contributed by atoms with Gasteiger partial charge in [0.25, 0.3) is 5.91 Å². The number of aromatic amines is 1. The number of nitrogens with zero attached hydrogens (tertiary/aromatic N) is 1. The lowest BCUT2D eigenvalue weighted by Crippen LogP contribution is -2.25. The van der Waals surface area contributed by atoms with Gasteiger partial charge in [-0.05, 0) is 58.2 Å². The molecule has 3 rings (SSSR count). The van der Waals surface area contributed by atoms with Crippen molar-refractivity contribution in [2.75, 3.05) is 20.8 Å². The third kappa shape index (κ3) is 4.33. The van der Waals surface area contributed by atoms with Gasteiger partial charge >= 0.3 is 0 Å². The molecule has 1 aromatic heterocycles. The van der Waals surface area contributed by atoms with E-state index in [1.54, 1.807) is 13.2 Å². The molecule has 2 N–H and O–H groups in total. The summed E-state index contributed by atoms with van der Waals surface area (Å²) < 4.78 is 25.0. The zero-order valence-electron chi connectivity index (χ0n) is 15.4. The first-order valence-corrected chi connectivity index (χ1v) is 9.30. The van der Waals surface area contributed by atoms with Crippen molar-refractivity contribution in [1.29, 1.82) is 0 Å². The lowest BCUT2D eigenvalue weighted by atomic mass is 10.1. The second-order valence-electron chi connectivity index (χ2n) is 5.98. The summed E-state index contributed by atoms with van der Waals surface area (Å²) in [6, 6.07) is 10.2. The molecule has 0 aliphatic heterocycles. The van der Waals surface area contributed by atoms with Crippen LogP contribution in [0.4, 0.5) is 4.39 Å². The first kappa shape index (κ1) is 19.9. The van der Waals surface area contributed by atoms with Gasteiger partial charge in [-0.15, -0.1) is 0 Å². The van der Waals surface area contributed by atoms with Crippen LogP contribution in [-0.4, -0.2) is 36.9 Å². The first-order chi connectivity index (χ1) is 13.5. The number of ether oxygens (including phenoxy) is 2. The Morgan fingerprint density at radius 2 is 1.93 bits per heavy atom. The molecule has 0 saturated carbocycles. The second-order valence-corrected chi connectivity index (χ2v) is 6.84. The predicted octanol–water partition coefficient (Wildman–Crippen LogP) is 3.97. The molecule has 8 heteroatoms. The highest BCUT2D eigenvalue weighted by Crippen LogP contribution is 2.27. The van der Waals surface area contributed by atoms with E-state index in [1.165, 1.54) is 25.4 Å². The van der Waals surface area contributed by atoms with Crippen LogP contribution in [0.3, 0.4) is 0 Å². The van der Waals surface area contributed by atoms with Crippen molar-refractivity contribution < 1.29 is 18.7 Å². The number of hydrogen-bond donors (Lipinski definition) is 2. The smallest absolute Gasteiger partial charge is 0.255 e. The molecule has 0 unspecified atom stereocenters. The van der Waals surface area contributed by atoms with Gasteiger partial charge in [-0.2, -0.15) is 5.10 Å². The molecule has 0 atom stereocenters. The summed E-state index contributed by atoms with van der Waals surface area (Å²) in [7, 11) is 3.01. The highest BCUT2D eigenvalue weighted by molar-refractivity contribution is 9.10. The van der Waals surface area contributed by atoms with E-state index in [0.717, 1.165) is 15.8 Å². The van der Waals surface area contributed by atoms with Crippen LogP contribution in [0.5, 0.6) is 11.5 Å². The average Bonchev–Trinajstić information content (AvgIpc) is 3.18. The standard InChI is InChI=1S/C20H19BrFN3O3/c1-27-17-5-3-12(9-15(17)21)7-8-23-20(26)14-11-24-25-19(14)13-4-6-18(28-2)16(22)10-13/h3-6,9-11H,7-8H2,1-2H3,(H,23,26)(H,24,25). The molecule has 28 heavy (non-hydrogen) atoms. The largest absolute Gasteiger partial charge is 0.496 e. The summed E-state index contributed by atoms with van der Waals surface area (Å²) in [6.07, 6.45) is 2.08. The maximum atomic E-state index is 14.0. The molecule has 2 aromatic carbocycles. The van der Waals surface area contributed by atoms with Gasteiger partial charge in [0.2, 0.25) is 0 Å². The molecule has 0 aliphatic carbocycles. The van der Waals surface area contributed by atoms with Crippen molar-refractivity contribution in [2.45, 2.75) is 6.42 Å². The molecule has 1 amide bonds. The van der Waals surface area contributed by atoms with E-state index in [0.29, 0.717) is 29.8 Å². The van der Waals surface area contributed by atoms with Gasteiger partial charge in [-0.1, -0.05) is 6.07 Å². The minimum absolute atomic E-state index is 0.139. The quantitative estimate of drug-likeness (QED) is 0.574. The fourth-order valence-electron chi connectivity index (χ4n) is 2.78. The van der Waals surface area contributed by atoms with Crippen LogP contribution in [0.2, 0.25) is 0 Å². The Balaban J connectivity index is 1.67. The van der Waals surface area contributed by atoms with Crippen LogP contribution in [0.1, 0.15) is 15.9 Å². The number of aromatic nitrogens is 2. The van der Waals surface area contributed by atoms with Gasteiger partial charge in [0.1, 0.15) is 5.75 Å². The molecule has 0 fully saturated rings. The highest BCUT2D eigenvalue weighted by Gasteiger charge is 2.16. The van der Waals surface area contributed by atoms with Gasteiger partial charge in [0, 0.05) is 12.1 Å². The average molecular weight is 448 g/mol. The monoisotopic (exact) mass is 447 g/mol. The second kappa shape index (κ2) is 8.88. The summed E-state index contributed by atoms with van der Waals surface area (Å²) in [5.41, 5.74) is 2.37. The number of rotatable bonds is 7. The molecule has 0 bridgehead atoms. The molecular formula is C20H19BrFN3O3. The molecule has 0 radical (unpaired) electrons. The van der Waals surface area contributed by atoms with Crippen LogP contribution >= 0.6 is 15.9 Å². The van der Waals surface area contributed by atoms with Crippen LogP contribution in [-0.2, 0) is 6.42 Å². The third-order valence-corrected chi connectivity index (χ3v) is 4.86. The Bertz CT molecular complexity index is 991. The Hall–Kier alpha value is -2.87. The minimum atomic E-state index is -0.508. The molecule has 0 saturated heterocycles. The Morgan fingerprint density at radius 3 is 2.61 bits per heavy atom. The number of H-pyrrole nitrogens is 1. The van der Waals surface area contributed by atoms with Gasteiger partial charge in [-0.3, -0.25) is 9.89 Å². The third-order valence-electron chi connectivity index (χ3n) is 4.24. The molecule has 3 aromatic rings. The SMILES string of the molecule is COc1ccc(-c2[nH]ncc2C(=O)NCCc2ccc(OC)c(Br)c2)cc1F. The van der Waals surface area contributed by atoms with Crippen molar-refractivity contribution in [3.63, 3.8) is 0 Å². The maximum absolute atomic E-state index is 14.0. The summed E-state index contributed by atoms with van der Waals surface area (Å²) in [6.45, 7) is 0.444. The summed E-state index contributed by atoms with van der Waals surface area (Å²) in [5.74, 6) is 0.0982. The maximum Gasteiger partial charge on any atom is 0.255 e. The fourth-order valence-corrected chi connectivity index (χ4v) is 3.37. The van der Waals surface area contributed by atoms with E-state index in [9.17, 15) is 9.18 Å².